The van der Waals surface area contributed by atoms with Gasteiger partial charge in [0, 0.05) is 44.1 Å². The van der Waals surface area contributed by atoms with Crippen molar-refractivity contribution >= 4 is 68.7 Å². The van der Waals surface area contributed by atoms with Crippen LogP contribution in [0.5, 0.6) is 0 Å². The Balaban J connectivity index is 1.44. The molecule has 4 aromatic heterocycles. The van der Waals surface area contributed by atoms with E-state index >= 15 is 0 Å². The zero-order valence-electron chi connectivity index (χ0n) is 16.2. The number of aromatic nitrogens is 1. The van der Waals surface area contributed by atoms with E-state index in [1.165, 1.54) is 56.7 Å². The van der Waals surface area contributed by atoms with Crippen molar-refractivity contribution in [1.29, 1.82) is 0 Å². The Morgan fingerprint density at radius 3 is 2.35 bits per heavy atom. The summed E-state index contributed by atoms with van der Waals surface area (Å²) in [7, 11) is 0. The smallest absolute Gasteiger partial charge is 0.194 e. The lowest BCUT2D eigenvalue weighted by molar-refractivity contribution is -0.704. The molecule has 1 unspecified atom stereocenters. The first-order valence-electron chi connectivity index (χ1n) is 10.1. The second kappa shape index (κ2) is 6.84. The molecule has 0 N–H and O–H groups in total. The molecule has 0 bridgehead atoms. The van der Waals surface area contributed by atoms with Crippen LogP contribution in [0.2, 0.25) is 0 Å². The summed E-state index contributed by atoms with van der Waals surface area (Å²) in [5, 5.41) is 4.54. The summed E-state index contributed by atoms with van der Waals surface area (Å²) < 4.78 is 9.16. The first kappa shape index (κ1) is 18.3. The predicted octanol–water partition coefficient (Wildman–Crippen LogP) is 8.51. The number of nitrogens with zero attached hydrogens (tertiary/aromatic N) is 1. The van der Waals surface area contributed by atoms with Crippen LogP contribution in [0.25, 0.3) is 41.1 Å². The van der Waals surface area contributed by atoms with E-state index in [-0.39, 0.29) is 6.04 Å². The van der Waals surface area contributed by atoms with Gasteiger partial charge in [-0.1, -0.05) is 42.5 Å². The van der Waals surface area contributed by atoms with E-state index in [0.717, 1.165) is 0 Å². The van der Waals surface area contributed by atoms with Crippen molar-refractivity contribution in [3.05, 3.63) is 99.4 Å². The van der Waals surface area contributed by atoms with Gasteiger partial charge in [-0.25, -0.2) is 0 Å². The van der Waals surface area contributed by atoms with E-state index in [1.54, 1.807) is 0 Å². The van der Waals surface area contributed by atoms with Gasteiger partial charge in [-0.05, 0) is 38.7 Å². The first-order chi connectivity index (χ1) is 15.3. The van der Waals surface area contributed by atoms with Crippen LogP contribution in [-0.4, -0.2) is 0 Å². The van der Waals surface area contributed by atoms with Gasteiger partial charge in [-0.3, -0.25) is 0 Å². The monoisotopic (exact) mass is 516 g/mol. The number of hydrogen-bond acceptors (Lipinski definition) is 3. The third kappa shape index (κ3) is 2.61. The minimum absolute atomic E-state index is 0.229. The van der Waals surface area contributed by atoms with Gasteiger partial charge in [-0.2, -0.15) is 4.57 Å². The molecule has 1 aliphatic carbocycles. The molecule has 0 amide bonds. The highest BCUT2D eigenvalue weighted by molar-refractivity contribution is 9.10. The standard InChI is InChI=1S/C26H15BrNS3/c27-21-14-30-26-24(21)31-23-20(13-29-25(23)26)15-8-9-18-19(12-15)16-6-2-3-7-17(16)22(18)28-10-4-1-5-11-28/h1-14,22H/q+1. The van der Waals surface area contributed by atoms with Crippen LogP contribution in [-0.2, 0) is 0 Å². The molecule has 0 radical (unpaired) electrons. The van der Waals surface area contributed by atoms with Gasteiger partial charge in [0.15, 0.2) is 12.4 Å². The summed E-state index contributed by atoms with van der Waals surface area (Å²) >= 11 is 9.34. The van der Waals surface area contributed by atoms with Gasteiger partial charge < -0.3 is 0 Å². The molecular weight excluding hydrogens is 502 g/mol. The zero-order chi connectivity index (χ0) is 20.5. The van der Waals surface area contributed by atoms with Crippen LogP contribution in [0.1, 0.15) is 17.2 Å². The SMILES string of the molecule is Brc1csc2c1sc1c(-c3ccc4c(c3)-c3ccccc3C4[n+]3ccccc3)csc12. The molecule has 1 nitrogen and oxygen atoms in total. The molecule has 1 atom stereocenters. The summed E-state index contributed by atoms with van der Waals surface area (Å²) in [5.41, 5.74) is 8.12. The Labute approximate surface area is 200 Å². The van der Waals surface area contributed by atoms with Crippen molar-refractivity contribution in [3.8, 4) is 22.3 Å². The number of thiophene rings is 3. The average Bonchev–Trinajstić information content (AvgIpc) is 3.54. The summed E-state index contributed by atoms with van der Waals surface area (Å²) in [4.78, 5) is 0. The molecule has 31 heavy (non-hydrogen) atoms. The topological polar surface area (TPSA) is 3.88 Å². The molecule has 0 fully saturated rings. The second-order valence-corrected chi connectivity index (χ2v) is 11.4. The maximum Gasteiger partial charge on any atom is 0.210 e. The van der Waals surface area contributed by atoms with Crippen molar-refractivity contribution in [2.75, 3.05) is 0 Å². The molecule has 2 aromatic carbocycles. The van der Waals surface area contributed by atoms with Crippen LogP contribution >= 0.6 is 49.9 Å². The zero-order valence-corrected chi connectivity index (χ0v) is 20.2. The molecule has 5 heteroatoms. The lowest BCUT2D eigenvalue weighted by Gasteiger charge is -2.09. The fourth-order valence-electron chi connectivity index (χ4n) is 4.73. The molecule has 0 spiro atoms. The molecule has 0 aliphatic heterocycles. The van der Waals surface area contributed by atoms with Crippen LogP contribution in [0.3, 0.4) is 0 Å². The summed E-state index contributed by atoms with van der Waals surface area (Å²) in [6.07, 6.45) is 4.34. The quantitative estimate of drug-likeness (QED) is 0.202. The fourth-order valence-corrected chi connectivity index (χ4v) is 9.41. The summed E-state index contributed by atoms with van der Waals surface area (Å²) in [5.74, 6) is 0. The lowest BCUT2D eigenvalue weighted by atomic mass is 9.99. The Kier molecular flexibility index (Phi) is 4.03. The van der Waals surface area contributed by atoms with Crippen LogP contribution in [0, 0.1) is 0 Å². The van der Waals surface area contributed by atoms with Crippen LogP contribution in [0.15, 0.2) is 88.3 Å². The second-order valence-electron chi connectivity index (χ2n) is 7.77. The number of fused-ring (bicyclic) bond motifs is 6. The number of benzene rings is 2. The molecule has 1 aliphatic rings. The van der Waals surface area contributed by atoms with Gasteiger partial charge in [0.05, 0.1) is 18.8 Å². The van der Waals surface area contributed by atoms with Crippen molar-refractivity contribution in [2.45, 2.75) is 6.04 Å². The van der Waals surface area contributed by atoms with Crippen LogP contribution < -0.4 is 4.57 Å². The first-order valence-corrected chi connectivity index (χ1v) is 13.4. The van der Waals surface area contributed by atoms with E-state index in [9.17, 15) is 0 Å². The highest BCUT2D eigenvalue weighted by Gasteiger charge is 2.35. The molecule has 6 aromatic rings. The van der Waals surface area contributed by atoms with E-state index in [4.69, 9.17) is 0 Å². The Morgan fingerprint density at radius 2 is 1.45 bits per heavy atom. The van der Waals surface area contributed by atoms with Crippen molar-refractivity contribution < 1.29 is 4.57 Å². The third-order valence-corrected chi connectivity index (χ3v) is 10.9. The highest BCUT2D eigenvalue weighted by Crippen LogP contribution is 2.50. The predicted molar refractivity (Wildman–Crippen MR) is 138 cm³/mol. The van der Waals surface area contributed by atoms with Crippen molar-refractivity contribution in [1.82, 2.24) is 0 Å². The number of halogens is 1. The van der Waals surface area contributed by atoms with Gasteiger partial charge in [0.25, 0.3) is 0 Å². The Hall–Kier alpha value is -2.31. The summed E-state index contributed by atoms with van der Waals surface area (Å²) in [6.45, 7) is 0. The van der Waals surface area contributed by atoms with E-state index in [2.05, 4.69) is 104 Å². The number of hydrogen-bond donors (Lipinski definition) is 0. The molecule has 4 heterocycles. The lowest BCUT2D eigenvalue weighted by Crippen LogP contribution is -2.38. The maximum atomic E-state index is 3.72. The number of pyridine rings is 1. The van der Waals surface area contributed by atoms with Crippen LogP contribution in [0.4, 0.5) is 0 Å². The normalized spacial score (nSPS) is 14.9. The summed E-state index contributed by atoms with van der Waals surface area (Å²) in [6, 6.07) is 22.4. The largest absolute Gasteiger partial charge is 0.210 e. The molecule has 0 saturated heterocycles. The van der Waals surface area contributed by atoms with E-state index < -0.39 is 0 Å². The van der Waals surface area contributed by atoms with Crippen molar-refractivity contribution in [3.63, 3.8) is 0 Å². The van der Waals surface area contributed by atoms with Crippen molar-refractivity contribution in [2.24, 2.45) is 0 Å². The number of rotatable bonds is 2. The minimum Gasteiger partial charge on any atom is -0.194 e. The maximum absolute atomic E-state index is 3.72. The molecule has 148 valence electrons. The van der Waals surface area contributed by atoms with E-state index in [1.807, 2.05) is 34.0 Å². The van der Waals surface area contributed by atoms with Gasteiger partial charge in [0.1, 0.15) is 0 Å². The minimum atomic E-state index is 0.229. The molecule has 7 rings (SSSR count). The fraction of sp³-hybridized carbons (Fsp3) is 0.0385. The molecular formula is C26H15BrNS3+. The highest BCUT2D eigenvalue weighted by atomic mass is 79.9. The van der Waals surface area contributed by atoms with E-state index in [0.29, 0.717) is 0 Å². The van der Waals surface area contributed by atoms with Gasteiger partial charge in [-0.15, -0.1) is 34.0 Å². The van der Waals surface area contributed by atoms with Gasteiger partial charge >= 0.3 is 0 Å². The molecule has 0 saturated carbocycles. The third-order valence-electron chi connectivity index (χ3n) is 6.10. The Morgan fingerprint density at radius 1 is 0.677 bits per heavy atom. The average molecular weight is 518 g/mol. The van der Waals surface area contributed by atoms with Gasteiger partial charge in [0.2, 0.25) is 6.04 Å². The Bertz CT molecular complexity index is 1610.